The summed E-state index contributed by atoms with van der Waals surface area (Å²) in [5, 5.41) is 0. The van der Waals surface area contributed by atoms with Gasteiger partial charge < -0.3 is 9.47 Å². The Hall–Kier alpha value is -0.360. The first kappa shape index (κ1) is 19.7. The fourth-order valence-electron chi connectivity index (χ4n) is 3.21. The normalized spacial score (nSPS) is 27.4. The fraction of sp³-hybridized carbons (Fsp3) is 1.00. The molecule has 22 heavy (non-hydrogen) atoms. The predicted octanol–water partition coefficient (Wildman–Crippen LogP) is 5.26. The molecule has 0 aromatic heterocycles. The van der Waals surface area contributed by atoms with E-state index in [1.807, 2.05) is 7.11 Å². The van der Waals surface area contributed by atoms with Gasteiger partial charge >= 0.3 is 12.0 Å². The van der Waals surface area contributed by atoms with Crippen LogP contribution in [-0.4, -0.2) is 32.4 Å². The molecule has 0 amide bonds. The second-order valence-electron chi connectivity index (χ2n) is 6.45. The molecule has 2 aliphatic carbocycles. The zero-order chi connectivity index (χ0) is 16.8. The number of methoxy groups -OCH3 is 2. The topological polar surface area (TPSA) is 18.5 Å². The summed E-state index contributed by atoms with van der Waals surface area (Å²) < 4.78 is 60.7. The van der Waals surface area contributed by atoms with Gasteiger partial charge in [-0.05, 0) is 38.0 Å². The molecule has 0 aromatic carbocycles. The highest BCUT2D eigenvalue weighted by molar-refractivity contribution is 4.86. The molecule has 6 heteroatoms. The molecule has 132 valence electrons. The van der Waals surface area contributed by atoms with Gasteiger partial charge in [-0.15, -0.1) is 0 Å². The maximum Gasteiger partial charge on any atom is 0.419 e. The quantitative estimate of drug-likeness (QED) is 0.655. The lowest BCUT2D eigenvalue weighted by Gasteiger charge is -2.33. The SMILES string of the molecule is COC(F)(F)C(F)(F)C1CCCCC1.COC1CCC(C)C1. The lowest BCUT2D eigenvalue weighted by atomic mass is 9.84. The van der Waals surface area contributed by atoms with E-state index in [1.54, 1.807) is 0 Å². The minimum Gasteiger partial charge on any atom is -0.381 e. The molecule has 2 aliphatic rings. The van der Waals surface area contributed by atoms with E-state index in [-0.39, 0.29) is 12.8 Å². The Morgan fingerprint density at radius 3 is 1.82 bits per heavy atom. The van der Waals surface area contributed by atoms with Crippen LogP contribution in [0, 0.1) is 11.8 Å². The van der Waals surface area contributed by atoms with Crippen molar-refractivity contribution in [1.82, 2.24) is 0 Å². The third-order valence-corrected chi connectivity index (χ3v) is 4.74. The summed E-state index contributed by atoms with van der Waals surface area (Å²) >= 11 is 0. The van der Waals surface area contributed by atoms with Crippen LogP contribution in [0.15, 0.2) is 0 Å². The second kappa shape index (κ2) is 8.48. The second-order valence-corrected chi connectivity index (χ2v) is 6.45. The summed E-state index contributed by atoms with van der Waals surface area (Å²) in [7, 11) is 2.42. The van der Waals surface area contributed by atoms with Crippen LogP contribution in [0.5, 0.6) is 0 Å². The number of rotatable bonds is 4. The number of halogens is 4. The van der Waals surface area contributed by atoms with Gasteiger partial charge in [-0.25, -0.2) is 0 Å². The van der Waals surface area contributed by atoms with Crippen molar-refractivity contribution in [1.29, 1.82) is 0 Å². The Morgan fingerprint density at radius 1 is 0.864 bits per heavy atom. The summed E-state index contributed by atoms with van der Waals surface area (Å²) in [6, 6.07) is 0. The number of hydrogen-bond acceptors (Lipinski definition) is 2. The monoisotopic (exact) mass is 328 g/mol. The van der Waals surface area contributed by atoms with Crippen LogP contribution in [-0.2, 0) is 9.47 Å². The van der Waals surface area contributed by atoms with Gasteiger partial charge in [0, 0.05) is 20.1 Å². The van der Waals surface area contributed by atoms with Crippen molar-refractivity contribution in [3.63, 3.8) is 0 Å². The summed E-state index contributed by atoms with van der Waals surface area (Å²) in [4.78, 5) is 0. The molecule has 0 aliphatic heterocycles. The van der Waals surface area contributed by atoms with Crippen LogP contribution in [0.25, 0.3) is 0 Å². The molecule has 2 atom stereocenters. The zero-order valence-corrected chi connectivity index (χ0v) is 13.7. The number of ether oxygens (including phenoxy) is 2. The molecule has 2 nitrogen and oxygen atoms in total. The van der Waals surface area contributed by atoms with E-state index in [0.29, 0.717) is 26.1 Å². The zero-order valence-electron chi connectivity index (χ0n) is 13.7. The fourth-order valence-corrected chi connectivity index (χ4v) is 3.21. The highest BCUT2D eigenvalue weighted by Gasteiger charge is 2.61. The highest BCUT2D eigenvalue weighted by atomic mass is 19.3. The van der Waals surface area contributed by atoms with E-state index >= 15 is 0 Å². The number of alkyl halides is 4. The van der Waals surface area contributed by atoms with Crippen molar-refractivity contribution in [2.24, 2.45) is 11.8 Å². The van der Waals surface area contributed by atoms with Crippen molar-refractivity contribution >= 4 is 0 Å². The molecule has 0 N–H and O–H groups in total. The first-order valence-corrected chi connectivity index (χ1v) is 8.08. The summed E-state index contributed by atoms with van der Waals surface area (Å²) in [5.74, 6) is -4.38. The van der Waals surface area contributed by atoms with Gasteiger partial charge in [0.2, 0.25) is 0 Å². The summed E-state index contributed by atoms with van der Waals surface area (Å²) in [5.41, 5.74) is 0. The Bertz CT molecular complexity index is 317. The molecule has 0 heterocycles. The van der Waals surface area contributed by atoms with Gasteiger partial charge in [0.15, 0.2) is 0 Å². The predicted molar refractivity (Wildman–Crippen MR) is 77.3 cm³/mol. The highest BCUT2D eigenvalue weighted by Crippen LogP contribution is 2.46. The minimum atomic E-state index is -4.34. The van der Waals surface area contributed by atoms with Gasteiger partial charge in [0.05, 0.1) is 6.10 Å². The molecular formula is C16H28F4O2. The third-order valence-electron chi connectivity index (χ3n) is 4.74. The van der Waals surface area contributed by atoms with Crippen molar-refractivity contribution in [3.05, 3.63) is 0 Å². The Kier molecular flexibility index (Phi) is 7.59. The van der Waals surface area contributed by atoms with Gasteiger partial charge in [-0.1, -0.05) is 26.2 Å². The lowest BCUT2D eigenvalue weighted by Crippen LogP contribution is -2.48. The Morgan fingerprint density at radius 2 is 1.45 bits per heavy atom. The summed E-state index contributed by atoms with van der Waals surface area (Å²) in [6.45, 7) is 2.29. The lowest BCUT2D eigenvalue weighted by molar-refractivity contribution is -0.355. The van der Waals surface area contributed by atoms with Crippen LogP contribution in [0.1, 0.15) is 58.3 Å². The van der Waals surface area contributed by atoms with E-state index in [4.69, 9.17) is 4.74 Å². The molecule has 2 saturated carbocycles. The average molecular weight is 328 g/mol. The molecule has 0 spiro atoms. The molecule has 0 bridgehead atoms. The average Bonchev–Trinajstić information content (AvgIpc) is 2.94. The largest absolute Gasteiger partial charge is 0.419 e. The van der Waals surface area contributed by atoms with E-state index in [0.717, 1.165) is 12.3 Å². The van der Waals surface area contributed by atoms with Crippen LogP contribution in [0.4, 0.5) is 17.6 Å². The van der Waals surface area contributed by atoms with E-state index in [2.05, 4.69) is 11.7 Å². The van der Waals surface area contributed by atoms with Crippen molar-refractivity contribution < 1.29 is 27.0 Å². The molecule has 2 unspecified atom stereocenters. The van der Waals surface area contributed by atoms with Crippen molar-refractivity contribution in [2.75, 3.05) is 14.2 Å². The molecule has 0 saturated heterocycles. The van der Waals surface area contributed by atoms with Crippen molar-refractivity contribution in [3.8, 4) is 0 Å². The van der Waals surface area contributed by atoms with Crippen LogP contribution >= 0.6 is 0 Å². The molecule has 2 rings (SSSR count). The van der Waals surface area contributed by atoms with Crippen LogP contribution < -0.4 is 0 Å². The van der Waals surface area contributed by atoms with E-state index < -0.39 is 17.9 Å². The first-order chi connectivity index (χ1) is 10.2. The van der Waals surface area contributed by atoms with Crippen molar-refractivity contribution in [2.45, 2.75) is 76.4 Å². The van der Waals surface area contributed by atoms with Gasteiger partial charge in [0.1, 0.15) is 0 Å². The standard InChI is InChI=1S/C9H14F4O.C7H14O/c1-14-9(12,13)8(10,11)7-5-3-2-4-6-7;1-6-3-4-7(5-6)8-2/h7H,2-6H2,1H3;6-7H,3-5H2,1-2H3. The molecular weight excluding hydrogens is 300 g/mol. The minimum absolute atomic E-state index is 0.159. The Labute approximate surface area is 130 Å². The molecule has 0 radical (unpaired) electrons. The van der Waals surface area contributed by atoms with Crippen LogP contribution in [0.3, 0.4) is 0 Å². The maximum atomic E-state index is 13.2. The smallest absolute Gasteiger partial charge is 0.381 e. The Balaban J connectivity index is 0.000000255. The number of hydrogen-bond donors (Lipinski definition) is 0. The van der Waals surface area contributed by atoms with E-state index in [1.165, 1.54) is 19.3 Å². The van der Waals surface area contributed by atoms with Gasteiger partial charge in [-0.3, -0.25) is 0 Å². The third kappa shape index (κ3) is 5.08. The molecule has 2 fully saturated rings. The molecule has 0 aromatic rings. The van der Waals surface area contributed by atoms with Gasteiger partial charge in [0.25, 0.3) is 0 Å². The van der Waals surface area contributed by atoms with Gasteiger partial charge in [-0.2, -0.15) is 17.6 Å². The maximum absolute atomic E-state index is 13.2. The first-order valence-electron chi connectivity index (χ1n) is 8.08. The van der Waals surface area contributed by atoms with E-state index in [9.17, 15) is 17.6 Å². The van der Waals surface area contributed by atoms with Crippen LogP contribution in [0.2, 0.25) is 0 Å². The summed E-state index contributed by atoms with van der Waals surface area (Å²) in [6.07, 6.45) is 2.51.